The Morgan fingerprint density at radius 1 is 1.39 bits per heavy atom. The summed E-state index contributed by atoms with van der Waals surface area (Å²) in [6.07, 6.45) is 5.40. The van der Waals surface area contributed by atoms with Gasteiger partial charge in [0.2, 0.25) is 0 Å². The van der Waals surface area contributed by atoms with Crippen LogP contribution in [-0.2, 0) is 21.5 Å². The van der Waals surface area contributed by atoms with Crippen molar-refractivity contribution in [1.29, 1.82) is 0 Å². The fourth-order valence-electron chi connectivity index (χ4n) is 4.65. The largest absolute Gasteiger partial charge is 0.493 e. The number of nitrogens with zero attached hydrogens (tertiary/aromatic N) is 1. The number of hydrogen-bond acceptors (Lipinski definition) is 6. The van der Waals surface area contributed by atoms with Crippen LogP contribution in [0.4, 0.5) is 0 Å². The van der Waals surface area contributed by atoms with Crippen molar-refractivity contribution < 1.29 is 19.0 Å². The molecule has 1 aromatic rings. The first-order valence-electron chi connectivity index (χ1n) is 10.1. The second-order valence-corrected chi connectivity index (χ2v) is 8.61. The number of carbonyl (C=O) groups is 1. The van der Waals surface area contributed by atoms with Crippen molar-refractivity contribution in [2.24, 2.45) is 11.7 Å². The quantitative estimate of drug-likeness (QED) is 0.633. The van der Waals surface area contributed by atoms with E-state index >= 15 is 0 Å². The molecule has 1 spiro atoms. The Morgan fingerprint density at radius 2 is 2.18 bits per heavy atom. The van der Waals surface area contributed by atoms with E-state index in [9.17, 15) is 4.79 Å². The molecule has 0 bridgehead atoms. The van der Waals surface area contributed by atoms with Gasteiger partial charge in [-0.05, 0) is 43.6 Å². The van der Waals surface area contributed by atoms with E-state index in [1.165, 1.54) is 11.1 Å². The third-order valence-electron chi connectivity index (χ3n) is 6.39. The van der Waals surface area contributed by atoms with Crippen molar-refractivity contribution in [3.8, 4) is 11.5 Å². The predicted molar refractivity (Wildman–Crippen MR) is 106 cm³/mol. The Morgan fingerprint density at radius 3 is 2.89 bits per heavy atom. The summed E-state index contributed by atoms with van der Waals surface area (Å²) in [6.45, 7) is 5.71. The molecule has 4 atom stereocenters. The van der Waals surface area contributed by atoms with Gasteiger partial charge in [0.15, 0.2) is 11.5 Å². The SMILES string of the molecule is COc1ccc2c3c1O[C@H]1C[C@@H](OC(=O)C(N)C(C)C)C=C[C@@]31CCN(C)C2. The molecule has 152 valence electrons. The highest BCUT2D eigenvalue weighted by Gasteiger charge is 2.53. The standard InChI is InChI=1S/C22H30N2O4/c1-13(2)19(23)21(25)27-15-7-8-22-9-10-24(3)12-14-5-6-16(26-4)20(18(14)22)28-17(22)11-15/h5-8,13,15,17,19H,9-12,23H2,1-4H3/t15-,17-,19?,22-/m0/s1. The maximum absolute atomic E-state index is 12.3. The maximum atomic E-state index is 12.3. The summed E-state index contributed by atoms with van der Waals surface area (Å²) in [5.74, 6) is 1.30. The van der Waals surface area contributed by atoms with E-state index < -0.39 is 6.04 Å². The fourth-order valence-corrected chi connectivity index (χ4v) is 4.65. The molecule has 6 heteroatoms. The Bertz CT molecular complexity index is 806. The molecule has 2 aliphatic heterocycles. The molecule has 1 aliphatic carbocycles. The zero-order chi connectivity index (χ0) is 20.1. The van der Waals surface area contributed by atoms with E-state index in [2.05, 4.69) is 24.1 Å². The number of benzene rings is 1. The first-order chi connectivity index (χ1) is 13.4. The normalized spacial score (nSPS) is 29.5. The lowest BCUT2D eigenvalue weighted by Gasteiger charge is -2.37. The van der Waals surface area contributed by atoms with Gasteiger partial charge in [0.1, 0.15) is 18.2 Å². The van der Waals surface area contributed by atoms with Crippen LogP contribution >= 0.6 is 0 Å². The van der Waals surface area contributed by atoms with E-state index in [0.29, 0.717) is 6.42 Å². The summed E-state index contributed by atoms with van der Waals surface area (Å²) < 4.78 is 17.7. The molecule has 2 N–H and O–H groups in total. The summed E-state index contributed by atoms with van der Waals surface area (Å²) in [5, 5.41) is 0. The third-order valence-corrected chi connectivity index (χ3v) is 6.39. The Hall–Kier alpha value is -2.05. The molecule has 0 aromatic heterocycles. The van der Waals surface area contributed by atoms with Gasteiger partial charge >= 0.3 is 5.97 Å². The van der Waals surface area contributed by atoms with Crippen LogP contribution in [0.15, 0.2) is 24.3 Å². The first-order valence-corrected chi connectivity index (χ1v) is 10.1. The lowest BCUT2D eigenvalue weighted by Crippen LogP contribution is -2.45. The predicted octanol–water partition coefficient (Wildman–Crippen LogP) is 2.38. The molecule has 1 unspecified atom stereocenters. The van der Waals surface area contributed by atoms with Gasteiger partial charge in [0.25, 0.3) is 0 Å². The smallest absolute Gasteiger partial charge is 0.323 e. The number of methoxy groups -OCH3 is 1. The van der Waals surface area contributed by atoms with E-state index in [1.54, 1.807) is 7.11 Å². The molecule has 1 aromatic carbocycles. The molecule has 0 saturated heterocycles. The number of hydrogen-bond donors (Lipinski definition) is 1. The third kappa shape index (κ3) is 2.99. The molecule has 0 saturated carbocycles. The van der Waals surface area contributed by atoms with E-state index in [1.807, 2.05) is 26.0 Å². The number of nitrogens with two attached hydrogens (primary N) is 1. The zero-order valence-corrected chi connectivity index (χ0v) is 17.1. The highest BCUT2D eigenvalue weighted by atomic mass is 16.6. The molecular weight excluding hydrogens is 356 g/mol. The average molecular weight is 386 g/mol. The summed E-state index contributed by atoms with van der Waals surface area (Å²) in [4.78, 5) is 14.7. The lowest BCUT2D eigenvalue weighted by atomic mass is 9.69. The minimum Gasteiger partial charge on any atom is -0.493 e. The van der Waals surface area contributed by atoms with Crippen LogP contribution in [0, 0.1) is 5.92 Å². The highest BCUT2D eigenvalue weighted by molar-refractivity contribution is 5.76. The lowest BCUT2D eigenvalue weighted by molar-refractivity contribution is -0.151. The second-order valence-electron chi connectivity index (χ2n) is 8.61. The number of carbonyl (C=O) groups excluding carboxylic acids is 1. The van der Waals surface area contributed by atoms with E-state index in [-0.39, 0.29) is 29.5 Å². The van der Waals surface area contributed by atoms with Crippen LogP contribution in [0.2, 0.25) is 0 Å². The van der Waals surface area contributed by atoms with Crippen LogP contribution in [0.5, 0.6) is 11.5 Å². The van der Waals surface area contributed by atoms with Crippen LogP contribution in [0.3, 0.4) is 0 Å². The zero-order valence-electron chi connectivity index (χ0n) is 17.1. The van der Waals surface area contributed by atoms with Crippen molar-refractivity contribution in [3.63, 3.8) is 0 Å². The topological polar surface area (TPSA) is 74.0 Å². The van der Waals surface area contributed by atoms with Crippen LogP contribution in [0.25, 0.3) is 0 Å². The van der Waals surface area contributed by atoms with Gasteiger partial charge in [-0.25, -0.2) is 0 Å². The van der Waals surface area contributed by atoms with Gasteiger partial charge in [-0.1, -0.05) is 26.0 Å². The highest BCUT2D eigenvalue weighted by Crippen LogP contribution is 2.55. The Labute approximate surface area is 166 Å². The Balaban J connectivity index is 1.67. The molecule has 4 rings (SSSR count). The molecular formula is C22H30N2O4. The Kier molecular flexibility index (Phi) is 4.88. The van der Waals surface area contributed by atoms with Crippen molar-refractivity contribution in [2.75, 3.05) is 20.7 Å². The number of ether oxygens (including phenoxy) is 3. The van der Waals surface area contributed by atoms with E-state index in [4.69, 9.17) is 19.9 Å². The molecule has 0 radical (unpaired) electrons. The summed E-state index contributed by atoms with van der Waals surface area (Å²) >= 11 is 0. The molecule has 6 nitrogen and oxygen atoms in total. The second kappa shape index (κ2) is 7.08. The van der Waals surface area contributed by atoms with E-state index in [0.717, 1.165) is 31.0 Å². The molecule has 2 heterocycles. The van der Waals surface area contributed by atoms with Crippen molar-refractivity contribution >= 4 is 5.97 Å². The van der Waals surface area contributed by atoms with Gasteiger partial charge in [-0.15, -0.1) is 0 Å². The van der Waals surface area contributed by atoms with Gasteiger partial charge in [0, 0.05) is 18.5 Å². The minimum absolute atomic E-state index is 0.0441. The van der Waals surface area contributed by atoms with Gasteiger partial charge in [-0.3, -0.25) is 4.79 Å². The van der Waals surface area contributed by atoms with Gasteiger partial charge in [0.05, 0.1) is 12.5 Å². The maximum Gasteiger partial charge on any atom is 0.323 e. The summed E-state index contributed by atoms with van der Waals surface area (Å²) in [7, 11) is 3.82. The minimum atomic E-state index is -0.607. The molecule has 0 amide bonds. The molecule has 3 aliphatic rings. The van der Waals surface area contributed by atoms with Crippen LogP contribution in [-0.4, -0.2) is 49.8 Å². The van der Waals surface area contributed by atoms with Gasteiger partial charge < -0.3 is 24.8 Å². The summed E-state index contributed by atoms with van der Waals surface area (Å²) in [5.41, 5.74) is 8.27. The average Bonchev–Trinajstić information content (AvgIpc) is 2.93. The van der Waals surface area contributed by atoms with Crippen molar-refractivity contribution in [3.05, 3.63) is 35.4 Å². The van der Waals surface area contributed by atoms with Crippen LogP contribution < -0.4 is 15.2 Å². The molecule has 28 heavy (non-hydrogen) atoms. The van der Waals surface area contributed by atoms with Crippen molar-refractivity contribution in [1.82, 2.24) is 4.90 Å². The molecule has 0 fully saturated rings. The number of esters is 1. The summed E-state index contributed by atoms with van der Waals surface area (Å²) in [6, 6.07) is 3.53. The van der Waals surface area contributed by atoms with Crippen LogP contribution in [0.1, 0.15) is 37.8 Å². The monoisotopic (exact) mass is 386 g/mol. The van der Waals surface area contributed by atoms with Gasteiger partial charge in [-0.2, -0.15) is 0 Å². The van der Waals surface area contributed by atoms with Crippen molar-refractivity contribution in [2.45, 2.75) is 56.9 Å². The fraction of sp³-hybridized carbons (Fsp3) is 0.591. The first kappa shape index (κ1) is 19.3. The number of rotatable bonds is 4.